The van der Waals surface area contributed by atoms with Gasteiger partial charge in [-0.05, 0) is 41.0 Å². The third-order valence-electron chi connectivity index (χ3n) is 4.24. The largest absolute Gasteiger partial charge is 0.497 e. The van der Waals surface area contributed by atoms with Crippen molar-refractivity contribution in [3.63, 3.8) is 0 Å². The van der Waals surface area contributed by atoms with E-state index >= 15 is 0 Å². The predicted octanol–water partition coefficient (Wildman–Crippen LogP) is 4.23. The Hall–Kier alpha value is -2.55. The Balaban J connectivity index is 1.89. The smallest absolute Gasteiger partial charge is 0.138 e. The molecule has 0 saturated heterocycles. The highest BCUT2D eigenvalue weighted by molar-refractivity contribution is 5.93. The first-order chi connectivity index (χ1) is 11.2. The standard InChI is InChI=1S/C20H20O3/c1-22-19-7-3-14(4-8-19)16-11-17(13-18(21)12-16)15-5-9-20(23-2)10-6-15/h3-11,16H,12-13H2,1-2H3. The molecule has 23 heavy (non-hydrogen) atoms. The van der Waals surface area contributed by atoms with Crippen molar-refractivity contribution in [2.45, 2.75) is 18.8 Å². The number of hydrogen-bond donors (Lipinski definition) is 0. The highest BCUT2D eigenvalue weighted by atomic mass is 16.5. The third kappa shape index (κ3) is 3.45. The fourth-order valence-electron chi connectivity index (χ4n) is 2.96. The normalized spacial score (nSPS) is 17.6. The lowest BCUT2D eigenvalue weighted by atomic mass is 9.82. The average Bonchev–Trinajstić information content (AvgIpc) is 2.61. The number of Topliss-reactive ketones (excluding diaryl/α,β-unsaturated/α-hetero) is 1. The maximum Gasteiger partial charge on any atom is 0.138 e. The van der Waals surface area contributed by atoms with Crippen LogP contribution in [0.3, 0.4) is 0 Å². The zero-order valence-corrected chi connectivity index (χ0v) is 13.4. The van der Waals surface area contributed by atoms with E-state index in [1.807, 2.05) is 48.5 Å². The molecule has 0 N–H and O–H groups in total. The van der Waals surface area contributed by atoms with E-state index in [2.05, 4.69) is 6.08 Å². The highest BCUT2D eigenvalue weighted by Gasteiger charge is 2.22. The minimum Gasteiger partial charge on any atom is -0.497 e. The van der Waals surface area contributed by atoms with Gasteiger partial charge in [-0.1, -0.05) is 30.3 Å². The first kappa shape index (κ1) is 15.3. The Kier molecular flexibility index (Phi) is 4.47. The van der Waals surface area contributed by atoms with E-state index in [9.17, 15) is 4.79 Å². The molecule has 0 heterocycles. The highest BCUT2D eigenvalue weighted by Crippen LogP contribution is 2.34. The van der Waals surface area contributed by atoms with Crippen LogP contribution in [0.15, 0.2) is 54.6 Å². The van der Waals surface area contributed by atoms with Crippen molar-refractivity contribution in [1.82, 2.24) is 0 Å². The van der Waals surface area contributed by atoms with Gasteiger partial charge < -0.3 is 9.47 Å². The number of rotatable bonds is 4. The number of ether oxygens (including phenoxy) is 2. The number of ketones is 1. The van der Waals surface area contributed by atoms with E-state index < -0.39 is 0 Å². The van der Waals surface area contributed by atoms with Gasteiger partial charge in [0.2, 0.25) is 0 Å². The Bertz CT molecular complexity index is 712. The molecule has 0 bridgehead atoms. The molecular formula is C20H20O3. The van der Waals surface area contributed by atoms with Crippen molar-refractivity contribution in [3.05, 3.63) is 65.7 Å². The molecule has 0 saturated carbocycles. The zero-order valence-electron chi connectivity index (χ0n) is 13.4. The molecule has 0 aliphatic heterocycles. The van der Waals surface area contributed by atoms with Gasteiger partial charge in [-0.25, -0.2) is 0 Å². The van der Waals surface area contributed by atoms with Gasteiger partial charge in [0.15, 0.2) is 0 Å². The third-order valence-corrected chi connectivity index (χ3v) is 4.24. The van der Waals surface area contributed by atoms with Crippen molar-refractivity contribution < 1.29 is 14.3 Å². The molecule has 0 spiro atoms. The number of benzene rings is 2. The maximum atomic E-state index is 12.2. The molecular weight excluding hydrogens is 288 g/mol. The maximum absolute atomic E-state index is 12.2. The van der Waals surface area contributed by atoms with Gasteiger partial charge in [0.05, 0.1) is 14.2 Å². The number of methoxy groups -OCH3 is 2. The molecule has 0 radical (unpaired) electrons. The van der Waals surface area contributed by atoms with E-state index in [1.54, 1.807) is 14.2 Å². The van der Waals surface area contributed by atoms with E-state index in [0.29, 0.717) is 12.8 Å². The zero-order chi connectivity index (χ0) is 16.2. The van der Waals surface area contributed by atoms with Crippen LogP contribution in [0.5, 0.6) is 11.5 Å². The van der Waals surface area contributed by atoms with E-state index in [1.165, 1.54) is 0 Å². The van der Waals surface area contributed by atoms with Crippen molar-refractivity contribution >= 4 is 11.4 Å². The fourth-order valence-corrected chi connectivity index (χ4v) is 2.96. The molecule has 3 heteroatoms. The van der Waals surface area contributed by atoms with Crippen LogP contribution < -0.4 is 9.47 Å². The van der Waals surface area contributed by atoms with Crippen molar-refractivity contribution in [2.24, 2.45) is 0 Å². The monoisotopic (exact) mass is 308 g/mol. The summed E-state index contributed by atoms with van der Waals surface area (Å²) in [7, 11) is 3.30. The summed E-state index contributed by atoms with van der Waals surface area (Å²) in [5.41, 5.74) is 3.31. The van der Waals surface area contributed by atoms with Crippen LogP contribution in [0.4, 0.5) is 0 Å². The second kappa shape index (κ2) is 6.69. The molecule has 3 rings (SSSR count). The molecule has 118 valence electrons. The van der Waals surface area contributed by atoms with E-state index in [0.717, 1.165) is 28.2 Å². The van der Waals surface area contributed by atoms with Gasteiger partial charge in [-0.2, -0.15) is 0 Å². The number of hydrogen-bond acceptors (Lipinski definition) is 3. The van der Waals surface area contributed by atoms with E-state index in [4.69, 9.17) is 9.47 Å². The molecule has 1 unspecified atom stereocenters. The summed E-state index contributed by atoms with van der Waals surface area (Å²) in [4.78, 5) is 12.2. The second-order valence-electron chi connectivity index (χ2n) is 5.72. The van der Waals surface area contributed by atoms with Crippen LogP contribution in [0.1, 0.15) is 29.9 Å². The number of carbonyl (C=O) groups excluding carboxylic acids is 1. The lowest BCUT2D eigenvalue weighted by Gasteiger charge is -2.21. The van der Waals surface area contributed by atoms with Crippen molar-refractivity contribution in [1.29, 1.82) is 0 Å². The van der Waals surface area contributed by atoms with Crippen LogP contribution in [0, 0.1) is 0 Å². The van der Waals surface area contributed by atoms with Gasteiger partial charge in [0.25, 0.3) is 0 Å². The molecule has 0 fully saturated rings. The van der Waals surface area contributed by atoms with E-state index in [-0.39, 0.29) is 11.7 Å². The summed E-state index contributed by atoms with van der Waals surface area (Å²) in [6, 6.07) is 15.8. The molecule has 1 aliphatic rings. The fraction of sp³-hybridized carbons (Fsp3) is 0.250. The topological polar surface area (TPSA) is 35.5 Å². The summed E-state index contributed by atoms with van der Waals surface area (Å²) in [6.45, 7) is 0. The van der Waals surface area contributed by atoms with Crippen LogP contribution >= 0.6 is 0 Å². The van der Waals surface area contributed by atoms with Crippen LogP contribution in [0.2, 0.25) is 0 Å². The summed E-state index contributed by atoms with van der Waals surface area (Å²) in [5, 5.41) is 0. The molecule has 2 aromatic carbocycles. The summed E-state index contributed by atoms with van der Waals surface area (Å²) < 4.78 is 10.4. The molecule has 0 aromatic heterocycles. The van der Waals surface area contributed by atoms with Crippen LogP contribution in [-0.2, 0) is 4.79 Å². The SMILES string of the molecule is COc1ccc(C2=CC(c3ccc(OC)cc3)CC(=O)C2)cc1. The number of carbonyl (C=O) groups is 1. The Morgan fingerprint density at radius 1 is 0.870 bits per heavy atom. The molecule has 1 aliphatic carbocycles. The van der Waals surface area contributed by atoms with Gasteiger partial charge in [-0.15, -0.1) is 0 Å². The Morgan fingerprint density at radius 3 is 2.00 bits per heavy atom. The molecule has 3 nitrogen and oxygen atoms in total. The predicted molar refractivity (Wildman–Crippen MR) is 90.9 cm³/mol. The number of allylic oxidation sites excluding steroid dienone is 2. The van der Waals surface area contributed by atoms with Gasteiger partial charge in [0.1, 0.15) is 17.3 Å². The average molecular weight is 308 g/mol. The summed E-state index contributed by atoms with van der Waals surface area (Å²) >= 11 is 0. The minimum absolute atomic E-state index is 0.124. The van der Waals surface area contributed by atoms with Gasteiger partial charge in [-0.3, -0.25) is 4.79 Å². The van der Waals surface area contributed by atoms with Crippen molar-refractivity contribution in [2.75, 3.05) is 14.2 Å². The quantitative estimate of drug-likeness (QED) is 0.847. The minimum atomic E-state index is 0.124. The van der Waals surface area contributed by atoms with Crippen LogP contribution in [-0.4, -0.2) is 20.0 Å². The van der Waals surface area contributed by atoms with Crippen LogP contribution in [0.25, 0.3) is 5.57 Å². The second-order valence-corrected chi connectivity index (χ2v) is 5.72. The Morgan fingerprint density at radius 2 is 1.43 bits per heavy atom. The first-order valence-electron chi connectivity index (χ1n) is 7.70. The molecule has 1 atom stereocenters. The van der Waals surface area contributed by atoms with Gasteiger partial charge in [0, 0.05) is 18.8 Å². The molecule has 0 amide bonds. The van der Waals surface area contributed by atoms with Gasteiger partial charge >= 0.3 is 0 Å². The Labute approximate surface area is 136 Å². The lowest BCUT2D eigenvalue weighted by molar-refractivity contribution is -0.118. The lowest BCUT2D eigenvalue weighted by Crippen LogP contribution is -2.12. The summed E-state index contributed by atoms with van der Waals surface area (Å²) in [6.07, 6.45) is 3.27. The summed E-state index contributed by atoms with van der Waals surface area (Å²) in [5.74, 6) is 2.05. The first-order valence-corrected chi connectivity index (χ1v) is 7.70. The molecule has 2 aromatic rings. The van der Waals surface area contributed by atoms with Crippen molar-refractivity contribution in [3.8, 4) is 11.5 Å².